The normalized spacial score (nSPS) is 13.7. The third-order valence-electron chi connectivity index (χ3n) is 7.09. The topological polar surface area (TPSA) is 107 Å². The summed E-state index contributed by atoms with van der Waals surface area (Å²) in [5.74, 6) is -0.390. The zero-order valence-electron chi connectivity index (χ0n) is 24.2. The van der Waals surface area contributed by atoms with E-state index in [0.717, 1.165) is 10.6 Å². The fourth-order valence-corrected chi connectivity index (χ4v) is 5.76. The van der Waals surface area contributed by atoms with Gasteiger partial charge in [-0.05, 0) is 75.7 Å². The van der Waals surface area contributed by atoms with Crippen LogP contribution in [0.2, 0.25) is 0 Å². The van der Waals surface area contributed by atoms with Crippen molar-refractivity contribution >= 4 is 40.6 Å². The maximum atomic E-state index is 13.3. The average molecular weight is 586 g/mol. The smallest absolute Gasteiger partial charge is 0.348 e. The number of nitrogens with one attached hydrogen (secondary N) is 1. The van der Waals surface area contributed by atoms with E-state index in [0.29, 0.717) is 50.0 Å². The number of aromatic nitrogens is 1. The van der Waals surface area contributed by atoms with Gasteiger partial charge in [0, 0.05) is 35.3 Å². The van der Waals surface area contributed by atoms with Crippen LogP contribution in [0.25, 0.3) is 11.1 Å². The number of pyridine rings is 1. The second-order valence-corrected chi connectivity index (χ2v) is 11.8. The maximum Gasteiger partial charge on any atom is 0.348 e. The first-order valence-electron chi connectivity index (χ1n) is 13.3. The number of amides is 1. The largest absolute Gasteiger partial charge is 0.496 e. The van der Waals surface area contributed by atoms with E-state index in [-0.39, 0.29) is 12.5 Å². The number of benzene rings is 2. The number of carbonyl (C=O) groups is 3. The molecule has 0 saturated carbocycles. The molecule has 9 nitrogen and oxygen atoms in total. The molecule has 1 aliphatic rings. The predicted molar refractivity (Wildman–Crippen MR) is 162 cm³/mol. The van der Waals surface area contributed by atoms with E-state index in [1.807, 2.05) is 39.0 Å². The van der Waals surface area contributed by atoms with Gasteiger partial charge in [0.2, 0.25) is 0 Å². The number of anilines is 2. The molecule has 3 heterocycles. The van der Waals surface area contributed by atoms with Crippen molar-refractivity contribution in [2.45, 2.75) is 39.8 Å². The highest BCUT2D eigenvalue weighted by Gasteiger charge is 2.39. The minimum atomic E-state index is -0.818. The lowest BCUT2D eigenvalue weighted by atomic mass is 9.91. The third-order valence-corrected chi connectivity index (χ3v) is 8.08. The maximum absolute atomic E-state index is 13.3. The molecule has 0 bridgehead atoms. The van der Waals surface area contributed by atoms with E-state index in [1.165, 1.54) is 18.4 Å². The molecule has 42 heavy (non-hydrogen) atoms. The van der Waals surface area contributed by atoms with E-state index in [4.69, 9.17) is 14.2 Å². The molecule has 0 fully saturated rings. The van der Waals surface area contributed by atoms with Crippen molar-refractivity contribution in [2.75, 3.05) is 24.4 Å². The molecule has 5 rings (SSSR count). The second kappa shape index (κ2) is 11.3. The van der Waals surface area contributed by atoms with Crippen LogP contribution in [0.5, 0.6) is 11.5 Å². The van der Waals surface area contributed by atoms with Crippen molar-refractivity contribution in [1.82, 2.24) is 4.98 Å². The Labute approximate surface area is 248 Å². The number of esters is 2. The van der Waals surface area contributed by atoms with Gasteiger partial charge in [-0.15, -0.1) is 11.3 Å². The highest BCUT2D eigenvalue weighted by atomic mass is 32.1. The van der Waals surface area contributed by atoms with Crippen LogP contribution >= 0.6 is 11.3 Å². The van der Waals surface area contributed by atoms with E-state index in [2.05, 4.69) is 10.3 Å². The van der Waals surface area contributed by atoms with Gasteiger partial charge in [-0.25, -0.2) is 9.59 Å². The van der Waals surface area contributed by atoms with Crippen molar-refractivity contribution < 1.29 is 28.6 Å². The first-order valence-corrected chi connectivity index (χ1v) is 14.1. The molecule has 0 radical (unpaired) electrons. The molecule has 0 saturated heterocycles. The number of aryl methyl sites for hydroxylation is 2. The Morgan fingerprint density at radius 3 is 2.48 bits per heavy atom. The first kappa shape index (κ1) is 28.8. The fraction of sp³-hybridized carbons (Fsp3) is 0.250. The minimum absolute atomic E-state index is 0.0891. The number of hydrogen-bond acceptors (Lipinski definition) is 9. The monoisotopic (exact) mass is 585 g/mol. The molecule has 0 unspecified atom stereocenters. The molecule has 2 aromatic heterocycles. The van der Waals surface area contributed by atoms with Crippen molar-refractivity contribution in [3.63, 3.8) is 0 Å². The molecule has 1 aliphatic heterocycles. The van der Waals surface area contributed by atoms with E-state index >= 15 is 0 Å². The van der Waals surface area contributed by atoms with Gasteiger partial charge in [0.1, 0.15) is 28.5 Å². The lowest BCUT2D eigenvalue weighted by molar-refractivity contribution is -0.121. The van der Waals surface area contributed by atoms with Gasteiger partial charge in [0.05, 0.1) is 29.7 Å². The Kier molecular flexibility index (Phi) is 7.74. The highest BCUT2D eigenvalue weighted by Crippen LogP contribution is 2.45. The summed E-state index contributed by atoms with van der Waals surface area (Å²) in [7, 11) is 3.23. The summed E-state index contributed by atoms with van der Waals surface area (Å²) in [5.41, 5.74) is 3.45. The zero-order chi connectivity index (χ0) is 30.2. The summed E-state index contributed by atoms with van der Waals surface area (Å²) in [6.07, 6.45) is 1.61. The fourth-order valence-electron chi connectivity index (χ4n) is 5.00. The van der Waals surface area contributed by atoms with E-state index in [9.17, 15) is 14.4 Å². The van der Waals surface area contributed by atoms with Gasteiger partial charge >= 0.3 is 11.9 Å². The van der Waals surface area contributed by atoms with Crippen molar-refractivity contribution in [3.05, 3.63) is 87.4 Å². The van der Waals surface area contributed by atoms with Crippen LogP contribution in [0.3, 0.4) is 0 Å². The SMILES string of the molecule is COc1cc(OC(=O)c2cccnc2C)ccc1-c1ccc2c(c1COC(=O)c1ccc(C)s1)N(C)C(=O)C(C)(C)N2. The summed E-state index contributed by atoms with van der Waals surface area (Å²) < 4.78 is 17.1. The van der Waals surface area contributed by atoms with Gasteiger partial charge in [-0.1, -0.05) is 6.07 Å². The number of thiophene rings is 1. The van der Waals surface area contributed by atoms with Gasteiger partial charge in [0.25, 0.3) is 5.91 Å². The molecule has 1 N–H and O–H groups in total. The zero-order valence-corrected chi connectivity index (χ0v) is 25.0. The molecular weight excluding hydrogens is 554 g/mol. The standard InChI is InChI=1S/C32H31N3O6S/c1-18-9-14-27(42-18)30(37)40-17-24-22(12-13-25-28(24)35(5)31(38)32(3,4)34-25)23-11-10-20(16-26(23)39-6)41-29(36)21-8-7-15-33-19(21)2/h7-16,34H,17H2,1-6H3. The van der Waals surface area contributed by atoms with Gasteiger partial charge < -0.3 is 24.4 Å². The molecule has 0 atom stereocenters. The van der Waals surface area contributed by atoms with E-state index in [1.54, 1.807) is 61.5 Å². The third kappa shape index (κ3) is 5.45. The predicted octanol–water partition coefficient (Wildman–Crippen LogP) is 6.18. The summed E-state index contributed by atoms with van der Waals surface area (Å²) in [4.78, 5) is 46.2. The quantitative estimate of drug-likeness (QED) is 0.202. The molecule has 10 heteroatoms. The number of methoxy groups -OCH3 is 1. The Morgan fingerprint density at radius 1 is 1.02 bits per heavy atom. The average Bonchev–Trinajstić information content (AvgIpc) is 3.40. The first-order chi connectivity index (χ1) is 20.0. The Morgan fingerprint density at radius 2 is 1.79 bits per heavy atom. The molecule has 0 spiro atoms. The van der Waals surface area contributed by atoms with Crippen LogP contribution in [0, 0.1) is 13.8 Å². The number of ether oxygens (including phenoxy) is 3. The lowest BCUT2D eigenvalue weighted by Crippen LogP contribution is -2.52. The summed E-state index contributed by atoms with van der Waals surface area (Å²) in [6, 6.07) is 15.8. The Balaban J connectivity index is 1.55. The lowest BCUT2D eigenvalue weighted by Gasteiger charge is -2.39. The summed E-state index contributed by atoms with van der Waals surface area (Å²) >= 11 is 1.36. The van der Waals surface area contributed by atoms with Gasteiger partial charge in [-0.2, -0.15) is 0 Å². The van der Waals surface area contributed by atoms with Crippen molar-refractivity contribution in [3.8, 4) is 22.6 Å². The number of hydrogen-bond donors (Lipinski definition) is 1. The molecule has 4 aromatic rings. The highest BCUT2D eigenvalue weighted by molar-refractivity contribution is 7.13. The van der Waals surface area contributed by atoms with Crippen LogP contribution in [-0.4, -0.2) is 42.5 Å². The number of carbonyl (C=O) groups excluding carboxylic acids is 3. The van der Waals surface area contributed by atoms with Crippen LogP contribution in [0.1, 0.15) is 50.0 Å². The Hall–Kier alpha value is -4.70. The van der Waals surface area contributed by atoms with Crippen LogP contribution in [-0.2, 0) is 16.1 Å². The molecule has 0 aliphatic carbocycles. The van der Waals surface area contributed by atoms with Crippen LogP contribution < -0.4 is 19.7 Å². The van der Waals surface area contributed by atoms with Crippen LogP contribution in [0.4, 0.5) is 11.4 Å². The molecular formula is C32H31N3O6S. The van der Waals surface area contributed by atoms with Crippen LogP contribution in [0.15, 0.2) is 60.8 Å². The van der Waals surface area contributed by atoms with Crippen molar-refractivity contribution in [2.24, 2.45) is 0 Å². The minimum Gasteiger partial charge on any atom is -0.496 e. The molecule has 2 aromatic carbocycles. The Bertz CT molecular complexity index is 1710. The number of rotatable bonds is 7. The van der Waals surface area contributed by atoms with E-state index < -0.39 is 17.5 Å². The molecule has 216 valence electrons. The number of fused-ring (bicyclic) bond motifs is 1. The molecule has 1 amide bonds. The van der Waals surface area contributed by atoms with Crippen molar-refractivity contribution in [1.29, 1.82) is 0 Å². The summed E-state index contributed by atoms with van der Waals surface area (Å²) in [5, 5.41) is 3.31. The number of nitrogens with zero attached hydrogens (tertiary/aromatic N) is 2. The number of likely N-dealkylation sites (N-methyl/N-ethyl adjacent to an activating group) is 1. The summed E-state index contributed by atoms with van der Waals surface area (Å²) in [6.45, 7) is 7.21. The second-order valence-electron chi connectivity index (χ2n) is 10.5. The van der Waals surface area contributed by atoms with Gasteiger partial charge in [0.15, 0.2) is 0 Å². The van der Waals surface area contributed by atoms with Gasteiger partial charge in [-0.3, -0.25) is 9.78 Å².